The van der Waals surface area contributed by atoms with Crippen LogP contribution in [0.5, 0.6) is 0 Å². The van der Waals surface area contributed by atoms with Crippen LogP contribution in [0.1, 0.15) is 60.4 Å². The molecule has 0 unspecified atom stereocenters. The van der Waals surface area contributed by atoms with Gasteiger partial charge in [-0.1, -0.05) is 86.4 Å². The lowest BCUT2D eigenvalue weighted by molar-refractivity contribution is -0.122. The Labute approximate surface area is 203 Å². The number of rotatable bonds is 1. The molecule has 0 aromatic heterocycles. The summed E-state index contributed by atoms with van der Waals surface area (Å²) in [5.41, 5.74) is 6.29. The van der Waals surface area contributed by atoms with Gasteiger partial charge in [0.05, 0.1) is 22.5 Å². The number of carbonyl (C=O) groups is 2. The molecule has 4 atom stereocenters. The van der Waals surface area contributed by atoms with Crippen LogP contribution >= 0.6 is 23.2 Å². The van der Waals surface area contributed by atoms with Gasteiger partial charge in [-0.2, -0.15) is 0 Å². The van der Waals surface area contributed by atoms with Crippen molar-refractivity contribution in [3.63, 3.8) is 0 Å². The summed E-state index contributed by atoms with van der Waals surface area (Å²) in [6, 6.07) is 19.8. The molecule has 2 amide bonds. The van der Waals surface area contributed by atoms with Crippen LogP contribution in [0.25, 0.3) is 0 Å². The average molecular weight is 476 g/mol. The number of nitrogens with zero attached hydrogens (tertiary/aromatic N) is 1. The minimum atomic E-state index is -0.438. The van der Waals surface area contributed by atoms with E-state index in [2.05, 4.69) is 51.1 Å². The summed E-state index contributed by atoms with van der Waals surface area (Å²) >= 11 is 12.5. The monoisotopic (exact) mass is 475 g/mol. The van der Waals surface area contributed by atoms with Crippen molar-refractivity contribution < 1.29 is 9.59 Å². The van der Waals surface area contributed by atoms with Gasteiger partial charge in [-0.25, -0.2) is 4.90 Å². The highest BCUT2D eigenvalue weighted by atomic mass is 35.5. The van der Waals surface area contributed by atoms with Gasteiger partial charge in [-0.05, 0) is 51.4 Å². The molecule has 33 heavy (non-hydrogen) atoms. The zero-order chi connectivity index (χ0) is 23.2. The topological polar surface area (TPSA) is 37.4 Å². The molecule has 1 aliphatic heterocycles. The Morgan fingerprint density at radius 3 is 1.88 bits per heavy atom. The van der Waals surface area contributed by atoms with Crippen molar-refractivity contribution in [2.75, 3.05) is 4.90 Å². The lowest BCUT2D eigenvalue weighted by atomic mass is 9.54. The predicted molar refractivity (Wildman–Crippen MR) is 131 cm³/mol. The number of hydrogen-bond acceptors (Lipinski definition) is 2. The van der Waals surface area contributed by atoms with E-state index in [-0.39, 0.29) is 29.1 Å². The molecular weight excluding hydrogens is 453 g/mol. The Morgan fingerprint density at radius 1 is 0.727 bits per heavy atom. The molecule has 166 valence electrons. The molecule has 0 saturated carbocycles. The number of benzene rings is 3. The van der Waals surface area contributed by atoms with E-state index >= 15 is 0 Å². The summed E-state index contributed by atoms with van der Waals surface area (Å²) in [7, 11) is 0. The van der Waals surface area contributed by atoms with Gasteiger partial charge in [0.15, 0.2) is 0 Å². The summed E-state index contributed by atoms with van der Waals surface area (Å²) in [4.78, 5) is 29.0. The van der Waals surface area contributed by atoms with Crippen LogP contribution < -0.4 is 4.90 Å². The molecule has 0 N–H and O–H groups in total. The first-order chi connectivity index (χ1) is 15.7. The fourth-order valence-electron chi connectivity index (χ4n) is 6.09. The summed E-state index contributed by atoms with van der Waals surface area (Å²) < 4.78 is 0. The largest absolute Gasteiger partial charge is 0.274 e. The number of hydrogen-bond donors (Lipinski definition) is 0. The molecule has 3 aromatic rings. The lowest BCUT2D eigenvalue weighted by Crippen LogP contribution is -2.41. The Balaban J connectivity index is 1.56. The molecule has 2 bridgehead atoms. The van der Waals surface area contributed by atoms with Gasteiger partial charge in [-0.3, -0.25) is 9.59 Å². The van der Waals surface area contributed by atoms with Gasteiger partial charge in [-0.15, -0.1) is 0 Å². The quantitative estimate of drug-likeness (QED) is 0.367. The molecule has 3 aliphatic carbocycles. The van der Waals surface area contributed by atoms with E-state index in [1.165, 1.54) is 16.0 Å². The highest BCUT2D eigenvalue weighted by Gasteiger charge is 2.62. The molecule has 1 saturated heterocycles. The van der Waals surface area contributed by atoms with Crippen molar-refractivity contribution in [2.45, 2.75) is 38.0 Å². The molecule has 7 rings (SSSR count). The first-order valence-electron chi connectivity index (χ1n) is 11.2. The molecule has 3 aromatic carbocycles. The number of amides is 2. The lowest BCUT2D eigenvalue weighted by Gasteiger charge is -2.46. The van der Waals surface area contributed by atoms with E-state index < -0.39 is 11.8 Å². The first kappa shape index (κ1) is 20.9. The normalized spacial score (nSPS) is 25.2. The molecule has 0 spiro atoms. The Morgan fingerprint density at radius 2 is 1.30 bits per heavy atom. The van der Waals surface area contributed by atoms with E-state index in [1.807, 2.05) is 12.1 Å². The van der Waals surface area contributed by atoms with Gasteiger partial charge in [0.25, 0.3) is 0 Å². The third kappa shape index (κ3) is 2.82. The van der Waals surface area contributed by atoms with Crippen molar-refractivity contribution in [3.8, 4) is 0 Å². The third-order valence-electron chi connectivity index (χ3n) is 7.56. The van der Waals surface area contributed by atoms with Gasteiger partial charge in [0.1, 0.15) is 0 Å². The summed E-state index contributed by atoms with van der Waals surface area (Å²) in [5.74, 6) is -1.52. The average Bonchev–Trinajstić information content (AvgIpc) is 3.04. The minimum absolute atomic E-state index is 0.0109. The van der Waals surface area contributed by atoms with Crippen LogP contribution in [-0.4, -0.2) is 11.8 Å². The smallest absolute Gasteiger partial charge is 0.238 e. The second-order valence-corrected chi connectivity index (χ2v) is 11.2. The number of anilines is 1. The molecular formula is C28H23Cl2NO2. The summed E-state index contributed by atoms with van der Waals surface area (Å²) in [6.07, 6.45) is 0. The summed E-state index contributed by atoms with van der Waals surface area (Å²) in [5, 5.41) is 0.773. The van der Waals surface area contributed by atoms with Crippen molar-refractivity contribution >= 4 is 40.7 Å². The number of halogens is 2. The van der Waals surface area contributed by atoms with Gasteiger partial charge in [0.2, 0.25) is 11.8 Å². The Bertz CT molecular complexity index is 1360. The van der Waals surface area contributed by atoms with Crippen LogP contribution in [0.2, 0.25) is 10.0 Å². The maximum atomic E-state index is 13.9. The standard InChI is InChI=1S/C28H23Cl2NO2/c1-28(2,3)14-8-10-18-19(12-14)23-17-7-5-4-6-16(17)22(18)24-25(23)27(33)31(26(24)32)21-11-9-15(29)13-20(21)30/h4-13,22-25H,1-3H3/t22-,23-,24+,25-/m1/s1. The number of imide groups is 1. The second-order valence-electron chi connectivity index (χ2n) is 10.3. The maximum Gasteiger partial charge on any atom is 0.238 e. The van der Waals surface area contributed by atoms with Gasteiger partial charge in [0, 0.05) is 16.9 Å². The Kier molecular flexibility index (Phi) is 4.41. The minimum Gasteiger partial charge on any atom is -0.274 e. The van der Waals surface area contributed by atoms with Crippen LogP contribution in [-0.2, 0) is 15.0 Å². The molecule has 4 aliphatic rings. The van der Waals surface area contributed by atoms with Crippen LogP contribution in [0, 0.1) is 11.8 Å². The van der Waals surface area contributed by atoms with Gasteiger partial charge < -0.3 is 0 Å². The maximum absolute atomic E-state index is 13.9. The van der Waals surface area contributed by atoms with Crippen molar-refractivity contribution in [1.29, 1.82) is 0 Å². The highest BCUT2D eigenvalue weighted by molar-refractivity contribution is 6.38. The van der Waals surface area contributed by atoms with Crippen LogP contribution in [0.4, 0.5) is 5.69 Å². The zero-order valence-electron chi connectivity index (χ0n) is 18.6. The van der Waals surface area contributed by atoms with Crippen molar-refractivity contribution in [1.82, 2.24) is 0 Å². The van der Waals surface area contributed by atoms with Crippen LogP contribution in [0.3, 0.4) is 0 Å². The third-order valence-corrected chi connectivity index (χ3v) is 8.09. The second kappa shape index (κ2) is 6.94. The molecule has 3 nitrogen and oxygen atoms in total. The van der Waals surface area contributed by atoms with E-state index in [0.717, 1.165) is 16.7 Å². The number of carbonyl (C=O) groups excluding carboxylic acids is 2. The predicted octanol–water partition coefficient (Wildman–Crippen LogP) is 6.69. The first-order valence-corrected chi connectivity index (χ1v) is 12.0. The van der Waals surface area contributed by atoms with E-state index in [1.54, 1.807) is 18.2 Å². The van der Waals surface area contributed by atoms with Crippen molar-refractivity contribution in [2.24, 2.45) is 11.8 Å². The SMILES string of the molecule is CC(C)(C)c1ccc2c(c1)[C@H]1c3ccccc3[C@H]2[C@@H]2C(=O)N(c3ccc(Cl)cc3Cl)C(=O)[C@H]12. The molecule has 0 radical (unpaired) electrons. The summed E-state index contributed by atoms with van der Waals surface area (Å²) in [6.45, 7) is 6.59. The fraction of sp³-hybridized carbons (Fsp3) is 0.286. The fourth-order valence-corrected chi connectivity index (χ4v) is 6.59. The molecule has 1 heterocycles. The van der Waals surface area contributed by atoms with E-state index in [0.29, 0.717) is 15.7 Å². The van der Waals surface area contributed by atoms with Gasteiger partial charge >= 0.3 is 0 Å². The zero-order valence-corrected chi connectivity index (χ0v) is 20.1. The highest BCUT2D eigenvalue weighted by Crippen LogP contribution is 2.61. The Hall–Kier alpha value is -2.62. The molecule has 5 heteroatoms. The van der Waals surface area contributed by atoms with Crippen molar-refractivity contribution in [3.05, 3.63) is 98.5 Å². The van der Waals surface area contributed by atoms with E-state index in [4.69, 9.17) is 23.2 Å². The van der Waals surface area contributed by atoms with E-state index in [9.17, 15) is 9.59 Å². The van der Waals surface area contributed by atoms with Crippen LogP contribution in [0.15, 0.2) is 60.7 Å². The molecule has 1 fully saturated rings.